The second kappa shape index (κ2) is 8.05. The average Bonchev–Trinajstić information content (AvgIpc) is 2.58. The third-order valence-electron chi connectivity index (χ3n) is 3.44. The molecule has 0 aliphatic rings. The molecule has 0 spiro atoms. The Hall–Kier alpha value is -2.22. The van der Waals surface area contributed by atoms with E-state index in [2.05, 4.69) is 11.2 Å². The van der Waals surface area contributed by atoms with Crippen molar-refractivity contribution in [3.05, 3.63) is 63.8 Å². The topological polar surface area (TPSA) is 29.1 Å². The highest BCUT2D eigenvalue weighted by Crippen LogP contribution is 2.31. The lowest BCUT2D eigenvalue weighted by molar-refractivity contribution is -0.112. The summed E-state index contributed by atoms with van der Waals surface area (Å²) in [5, 5.41) is 2.84. The van der Waals surface area contributed by atoms with Gasteiger partial charge in [0.05, 0.1) is 10.6 Å². The van der Waals surface area contributed by atoms with Gasteiger partial charge in [0.1, 0.15) is 5.82 Å². The number of nitrogens with one attached hydrogen (secondary N) is 1. The van der Waals surface area contributed by atoms with E-state index in [1.165, 1.54) is 23.9 Å². The molecule has 0 unspecified atom stereocenters. The molecule has 122 valence electrons. The van der Waals surface area contributed by atoms with Crippen LogP contribution in [-0.2, 0) is 4.79 Å². The number of halogens is 2. The van der Waals surface area contributed by atoms with Crippen LogP contribution in [0.25, 0.3) is 11.1 Å². The highest BCUT2D eigenvalue weighted by molar-refractivity contribution is 8.02. The highest BCUT2D eigenvalue weighted by atomic mass is 35.5. The van der Waals surface area contributed by atoms with Gasteiger partial charge in [0.25, 0.3) is 5.91 Å². The average molecular weight is 360 g/mol. The first kappa shape index (κ1) is 18.1. The van der Waals surface area contributed by atoms with Crippen LogP contribution in [0.1, 0.15) is 6.92 Å². The predicted octanol–water partition coefficient (Wildman–Crippen LogP) is 5.35. The van der Waals surface area contributed by atoms with E-state index in [0.717, 1.165) is 10.5 Å². The number of terminal acetylenes is 1. The van der Waals surface area contributed by atoms with Crippen molar-refractivity contribution in [2.24, 2.45) is 0 Å². The summed E-state index contributed by atoms with van der Waals surface area (Å²) in [4.78, 5) is 13.2. The zero-order valence-corrected chi connectivity index (χ0v) is 14.8. The molecule has 2 aromatic carbocycles. The van der Waals surface area contributed by atoms with Gasteiger partial charge in [-0.05, 0) is 36.9 Å². The number of carbonyl (C=O) groups is 1. The number of anilines is 1. The lowest BCUT2D eigenvalue weighted by Crippen LogP contribution is -2.15. The van der Waals surface area contributed by atoms with Gasteiger partial charge in [-0.1, -0.05) is 41.8 Å². The van der Waals surface area contributed by atoms with Crippen molar-refractivity contribution in [3.8, 4) is 23.5 Å². The molecule has 0 bridgehead atoms. The van der Waals surface area contributed by atoms with Crippen LogP contribution in [0.5, 0.6) is 0 Å². The van der Waals surface area contributed by atoms with Crippen LogP contribution in [0.15, 0.2) is 52.9 Å². The molecule has 2 aromatic rings. The van der Waals surface area contributed by atoms with Gasteiger partial charge in [0.15, 0.2) is 0 Å². The van der Waals surface area contributed by atoms with E-state index in [1.54, 1.807) is 25.1 Å². The second-order valence-electron chi connectivity index (χ2n) is 4.91. The molecule has 0 saturated heterocycles. The Bertz CT molecular complexity index is 855. The maximum atomic E-state index is 13.4. The Morgan fingerprint density at radius 1 is 1.29 bits per heavy atom. The number of hydrogen-bond donors (Lipinski definition) is 1. The van der Waals surface area contributed by atoms with Gasteiger partial charge in [-0.3, -0.25) is 4.79 Å². The lowest BCUT2D eigenvalue weighted by Gasteiger charge is -2.12. The fraction of sp³-hybridized carbons (Fsp3) is 0.105. The molecule has 5 heteroatoms. The molecular weight excluding hydrogens is 345 g/mol. The predicted molar refractivity (Wildman–Crippen MR) is 101 cm³/mol. The molecule has 0 aromatic heterocycles. The van der Waals surface area contributed by atoms with Gasteiger partial charge in [-0.25, -0.2) is 4.39 Å². The number of allylic oxidation sites excluding steroid dienone is 1. The van der Waals surface area contributed by atoms with Crippen LogP contribution < -0.4 is 5.32 Å². The number of para-hydroxylation sites is 1. The first-order valence-corrected chi connectivity index (χ1v) is 8.65. The van der Waals surface area contributed by atoms with Crippen molar-refractivity contribution >= 4 is 35.0 Å². The van der Waals surface area contributed by atoms with Crippen LogP contribution >= 0.6 is 23.4 Å². The molecule has 1 amide bonds. The fourth-order valence-corrected chi connectivity index (χ4v) is 2.66. The summed E-state index contributed by atoms with van der Waals surface area (Å²) in [6.07, 6.45) is 7.30. The van der Waals surface area contributed by atoms with Crippen LogP contribution in [0.2, 0.25) is 5.02 Å². The van der Waals surface area contributed by atoms with Crippen molar-refractivity contribution in [3.63, 3.8) is 0 Å². The van der Waals surface area contributed by atoms with Crippen molar-refractivity contribution in [2.45, 2.75) is 6.92 Å². The first-order chi connectivity index (χ1) is 11.5. The van der Waals surface area contributed by atoms with Gasteiger partial charge in [0, 0.05) is 16.2 Å². The zero-order chi connectivity index (χ0) is 17.7. The monoisotopic (exact) mass is 359 g/mol. The normalized spacial score (nSPS) is 11.5. The molecule has 0 aliphatic carbocycles. The molecule has 1 N–H and O–H groups in total. The number of benzene rings is 2. The smallest absolute Gasteiger partial charge is 0.264 e. The van der Waals surface area contributed by atoms with E-state index in [9.17, 15) is 9.18 Å². The molecular formula is C19H15ClFNOS. The quantitative estimate of drug-likeness (QED) is 0.588. The number of hydrogen-bond acceptors (Lipinski definition) is 2. The Labute approximate surface area is 150 Å². The molecule has 0 aliphatic heterocycles. The summed E-state index contributed by atoms with van der Waals surface area (Å²) in [6, 6.07) is 11.6. The second-order valence-corrected chi connectivity index (χ2v) is 6.34. The Kier molecular flexibility index (Phi) is 6.08. The van der Waals surface area contributed by atoms with Crippen LogP contribution in [0, 0.1) is 18.2 Å². The molecule has 2 rings (SSSR count). The third-order valence-corrected chi connectivity index (χ3v) is 4.54. The Morgan fingerprint density at radius 2 is 2.00 bits per heavy atom. The minimum atomic E-state index is -0.491. The number of rotatable bonds is 4. The van der Waals surface area contributed by atoms with E-state index in [0.29, 0.717) is 11.3 Å². The summed E-state index contributed by atoms with van der Waals surface area (Å²) in [5.41, 5.74) is 2.29. The molecule has 0 saturated carbocycles. The summed E-state index contributed by atoms with van der Waals surface area (Å²) in [5.74, 6) is 1.58. The summed E-state index contributed by atoms with van der Waals surface area (Å²) in [6.45, 7) is 1.80. The van der Waals surface area contributed by atoms with E-state index in [1.807, 2.05) is 18.4 Å². The SMILES string of the molecule is C#C/C(C(=O)Nc1ccccc1-c1ccc(F)c(Cl)c1)=C(/C)SC. The number of thioether (sulfide) groups is 1. The minimum Gasteiger partial charge on any atom is -0.321 e. The van der Waals surface area contributed by atoms with Gasteiger partial charge < -0.3 is 5.32 Å². The molecule has 0 atom stereocenters. The van der Waals surface area contributed by atoms with Crippen molar-refractivity contribution < 1.29 is 9.18 Å². The van der Waals surface area contributed by atoms with Crippen molar-refractivity contribution in [1.82, 2.24) is 0 Å². The summed E-state index contributed by atoms with van der Waals surface area (Å²) < 4.78 is 13.4. The Morgan fingerprint density at radius 3 is 2.62 bits per heavy atom. The summed E-state index contributed by atoms with van der Waals surface area (Å²) >= 11 is 7.27. The van der Waals surface area contributed by atoms with Crippen molar-refractivity contribution in [1.29, 1.82) is 0 Å². The maximum Gasteiger partial charge on any atom is 0.264 e. The zero-order valence-electron chi connectivity index (χ0n) is 13.2. The van der Waals surface area contributed by atoms with E-state index in [-0.39, 0.29) is 16.5 Å². The van der Waals surface area contributed by atoms with Crippen LogP contribution in [0.4, 0.5) is 10.1 Å². The first-order valence-electron chi connectivity index (χ1n) is 7.05. The maximum absolute atomic E-state index is 13.4. The molecule has 0 heterocycles. The van der Waals surface area contributed by atoms with E-state index >= 15 is 0 Å². The summed E-state index contributed by atoms with van der Waals surface area (Å²) in [7, 11) is 0. The van der Waals surface area contributed by atoms with E-state index < -0.39 is 5.82 Å². The largest absolute Gasteiger partial charge is 0.321 e. The van der Waals surface area contributed by atoms with Gasteiger partial charge in [-0.2, -0.15) is 0 Å². The van der Waals surface area contributed by atoms with Crippen LogP contribution in [-0.4, -0.2) is 12.2 Å². The minimum absolute atomic E-state index is 0.0241. The van der Waals surface area contributed by atoms with E-state index in [4.69, 9.17) is 18.0 Å². The lowest BCUT2D eigenvalue weighted by atomic mass is 10.0. The number of carbonyl (C=O) groups excluding carboxylic acids is 1. The molecule has 2 nitrogen and oxygen atoms in total. The molecule has 24 heavy (non-hydrogen) atoms. The standard InChI is InChI=1S/C19H15ClFNOS/c1-4-14(12(2)24-3)19(23)22-18-8-6-5-7-15(18)13-9-10-17(21)16(20)11-13/h1,5-11H,2-3H3,(H,22,23)/b14-12+. The van der Waals surface area contributed by atoms with Gasteiger partial charge >= 0.3 is 0 Å². The molecule has 0 fully saturated rings. The van der Waals surface area contributed by atoms with Crippen LogP contribution in [0.3, 0.4) is 0 Å². The van der Waals surface area contributed by atoms with Gasteiger partial charge in [0.2, 0.25) is 0 Å². The van der Waals surface area contributed by atoms with Gasteiger partial charge in [-0.15, -0.1) is 18.2 Å². The highest BCUT2D eigenvalue weighted by Gasteiger charge is 2.14. The third kappa shape index (κ3) is 4.00. The Balaban J connectivity index is 2.41. The number of amides is 1. The molecule has 0 radical (unpaired) electrons. The fourth-order valence-electron chi connectivity index (χ4n) is 2.12. The van der Waals surface area contributed by atoms with Crippen molar-refractivity contribution in [2.75, 3.05) is 11.6 Å².